The Morgan fingerprint density at radius 1 is 1.23 bits per heavy atom. The number of hydrogen-bond donors (Lipinski definition) is 0. The largest absolute Gasteiger partial charge is 0.488 e. The molecule has 0 spiro atoms. The van der Waals surface area contributed by atoms with E-state index < -0.39 is 0 Å². The monoisotopic (exact) mass is 297 g/mol. The van der Waals surface area contributed by atoms with E-state index in [1.54, 1.807) is 24.8 Å². The molecule has 5 nitrogen and oxygen atoms in total. The summed E-state index contributed by atoms with van der Waals surface area (Å²) in [4.78, 5) is 22.3. The average molecular weight is 297 g/mol. The lowest BCUT2D eigenvalue weighted by Gasteiger charge is -2.33. The molecule has 2 aromatic rings. The second-order valence-electron chi connectivity index (χ2n) is 5.44. The summed E-state index contributed by atoms with van der Waals surface area (Å²) >= 11 is 0. The van der Waals surface area contributed by atoms with Crippen molar-refractivity contribution >= 4 is 5.91 Å². The molecule has 2 aromatic heterocycles. The van der Waals surface area contributed by atoms with E-state index in [0.29, 0.717) is 13.0 Å². The minimum atomic E-state index is 0.0500. The molecule has 1 saturated heterocycles. The van der Waals surface area contributed by atoms with Gasteiger partial charge in [0.25, 0.3) is 0 Å². The van der Waals surface area contributed by atoms with Crippen molar-refractivity contribution in [2.24, 2.45) is 0 Å². The molecule has 0 unspecified atom stereocenters. The van der Waals surface area contributed by atoms with Gasteiger partial charge < -0.3 is 9.64 Å². The van der Waals surface area contributed by atoms with Crippen LogP contribution in [0.5, 0.6) is 5.75 Å². The summed E-state index contributed by atoms with van der Waals surface area (Å²) in [6.07, 6.45) is 9.27. The van der Waals surface area contributed by atoms with Crippen LogP contribution in [0.1, 0.15) is 18.4 Å². The number of carbonyl (C=O) groups is 1. The number of ether oxygens (including phenoxy) is 1. The maximum atomic E-state index is 12.4. The van der Waals surface area contributed by atoms with E-state index in [4.69, 9.17) is 4.74 Å². The zero-order chi connectivity index (χ0) is 15.2. The zero-order valence-electron chi connectivity index (χ0n) is 12.4. The number of amides is 1. The van der Waals surface area contributed by atoms with Crippen molar-refractivity contribution in [3.8, 4) is 5.75 Å². The first-order valence-electron chi connectivity index (χ1n) is 7.54. The van der Waals surface area contributed by atoms with E-state index in [9.17, 15) is 4.79 Å². The third-order valence-corrected chi connectivity index (χ3v) is 3.76. The smallest absolute Gasteiger partial charge is 0.227 e. The highest BCUT2D eigenvalue weighted by molar-refractivity contribution is 5.78. The minimum Gasteiger partial charge on any atom is -0.488 e. The van der Waals surface area contributed by atoms with Gasteiger partial charge in [-0.1, -0.05) is 6.07 Å². The van der Waals surface area contributed by atoms with Crippen LogP contribution in [0, 0.1) is 0 Å². The molecule has 1 aliphatic heterocycles. The molecule has 22 heavy (non-hydrogen) atoms. The number of pyridine rings is 2. The molecule has 1 amide bonds. The average Bonchev–Trinajstić information content (AvgIpc) is 2.57. The predicted molar refractivity (Wildman–Crippen MR) is 82.4 cm³/mol. The number of aromatic nitrogens is 2. The normalized spacial score (nSPS) is 18.0. The van der Waals surface area contributed by atoms with Gasteiger partial charge in [-0.05, 0) is 36.6 Å². The van der Waals surface area contributed by atoms with Crippen LogP contribution in [0.25, 0.3) is 0 Å². The van der Waals surface area contributed by atoms with Crippen molar-refractivity contribution in [3.05, 3.63) is 54.6 Å². The maximum absolute atomic E-state index is 12.4. The standard InChI is InChI=1S/C17H19N3O2/c21-17(11-14-3-1-7-19-12-14)20-10-2-4-16(13-20)22-15-5-8-18-9-6-15/h1,3,5-9,12,16H,2,4,10-11,13H2/t16-/m0/s1. The van der Waals surface area contributed by atoms with E-state index in [2.05, 4.69) is 9.97 Å². The van der Waals surface area contributed by atoms with Crippen molar-refractivity contribution in [2.45, 2.75) is 25.4 Å². The van der Waals surface area contributed by atoms with Gasteiger partial charge in [0.05, 0.1) is 13.0 Å². The summed E-state index contributed by atoms with van der Waals surface area (Å²) in [6.45, 7) is 1.44. The van der Waals surface area contributed by atoms with Crippen LogP contribution in [0.3, 0.4) is 0 Å². The minimum absolute atomic E-state index is 0.0500. The molecule has 3 rings (SSSR count). The molecule has 1 aliphatic rings. The fourth-order valence-electron chi connectivity index (χ4n) is 2.66. The molecule has 1 fully saturated rings. The highest BCUT2D eigenvalue weighted by atomic mass is 16.5. The Bertz CT molecular complexity index is 604. The summed E-state index contributed by atoms with van der Waals surface area (Å²) in [5.74, 6) is 0.942. The highest BCUT2D eigenvalue weighted by Gasteiger charge is 2.24. The Labute approximate surface area is 130 Å². The number of hydrogen-bond acceptors (Lipinski definition) is 4. The first-order valence-corrected chi connectivity index (χ1v) is 7.54. The predicted octanol–water partition coefficient (Wildman–Crippen LogP) is 2.09. The summed E-state index contributed by atoms with van der Waals surface area (Å²) in [7, 11) is 0. The van der Waals surface area contributed by atoms with Gasteiger partial charge in [0, 0.05) is 31.3 Å². The second-order valence-corrected chi connectivity index (χ2v) is 5.44. The number of likely N-dealkylation sites (tertiary alicyclic amines) is 1. The molecule has 0 aliphatic carbocycles. The van der Waals surface area contributed by atoms with Crippen LogP contribution in [0.2, 0.25) is 0 Å². The van der Waals surface area contributed by atoms with Crippen molar-refractivity contribution in [1.29, 1.82) is 0 Å². The Morgan fingerprint density at radius 3 is 2.86 bits per heavy atom. The molecule has 5 heteroatoms. The molecule has 0 aromatic carbocycles. The lowest BCUT2D eigenvalue weighted by Crippen LogP contribution is -2.45. The van der Waals surface area contributed by atoms with E-state index in [1.807, 2.05) is 29.2 Å². The third kappa shape index (κ3) is 3.81. The zero-order valence-corrected chi connectivity index (χ0v) is 12.4. The van der Waals surface area contributed by atoms with Crippen molar-refractivity contribution in [1.82, 2.24) is 14.9 Å². The third-order valence-electron chi connectivity index (χ3n) is 3.76. The van der Waals surface area contributed by atoms with Gasteiger partial charge in [0.1, 0.15) is 11.9 Å². The first-order chi connectivity index (χ1) is 10.8. The fourth-order valence-corrected chi connectivity index (χ4v) is 2.66. The van der Waals surface area contributed by atoms with Gasteiger partial charge >= 0.3 is 0 Å². The Balaban J connectivity index is 1.57. The molecular formula is C17H19N3O2. The van der Waals surface area contributed by atoms with Gasteiger partial charge in [-0.25, -0.2) is 0 Å². The molecule has 0 saturated carbocycles. The van der Waals surface area contributed by atoms with Crippen LogP contribution >= 0.6 is 0 Å². The topological polar surface area (TPSA) is 55.3 Å². The second kappa shape index (κ2) is 7.02. The highest BCUT2D eigenvalue weighted by Crippen LogP contribution is 2.18. The Morgan fingerprint density at radius 2 is 2.09 bits per heavy atom. The number of carbonyl (C=O) groups excluding carboxylic acids is 1. The van der Waals surface area contributed by atoms with Crippen LogP contribution in [-0.4, -0.2) is 40.0 Å². The molecule has 0 N–H and O–H groups in total. The van der Waals surface area contributed by atoms with Crippen molar-refractivity contribution < 1.29 is 9.53 Å². The van der Waals surface area contributed by atoms with Gasteiger partial charge in [0.15, 0.2) is 0 Å². The van der Waals surface area contributed by atoms with Crippen LogP contribution in [0.15, 0.2) is 49.1 Å². The van der Waals surface area contributed by atoms with Crippen LogP contribution in [-0.2, 0) is 11.2 Å². The van der Waals surface area contributed by atoms with E-state index in [1.165, 1.54) is 0 Å². The fraction of sp³-hybridized carbons (Fsp3) is 0.353. The van der Waals surface area contributed by atoms with Crippen LogP contribution < -0.4 is 4.74 Å². The summed E-state index contributed by atoms with van der Waals surface area (Å²) in [5, 5.41) is 0. The van der Waals surface area contributed by atoms with Gasteiger partial charge in [-0.3, -0.25) is 14.8 Å². The quantitative estimate of drug-likeness (QED) is 0.867. The summed E-state index contributed by atoms with van der Waals surface area (Å²) in [5.41, 5.74) is 0.949. The van der Waals surface area contributed by atoms with E-state index in [-0.39, 0.29) is 12.0 Å². The van der Waals surface area contributed by atoms with Gasteiger partial charge in [0.2, 0.25) is 5.91 Å². The molecule has 0 radical (unpaired) electrons. The van der Waals surface area contributed by atoms with Gasteiger partial charge in [-0.2, -0.15) is 0 Å². The number of nitrogens with zero attached hydrogens (tertiary/aromatic N) is 3. The maximum Gasteiger partial charge on any atom is 0.227 e. The molecule has 3 heterocycles. The lowest BCUT2D eigenvalue weighted by atomic mass is 10.1. The molecule has 1 atom stereocenters. The SMILES string of the molecule is O=C(Cc1cccnc1)N1CCC[C@H](Oc2ccncc2)C1. The molecule has 0 bridgehead atoms. The Hall–Kier alpha value is -2.43. The lowest BCUT2D eigenvalue weighted by molar-refractivity contribution is -0.133. The number of rotatable bonds is 4. The molecule has 114 valence electrons. The Kier molecular flexibility index (Phi) is 4.63. The van der Waals surface area contributed by atoms with Gasteiger partial charge in [-0.15, -0.1) is 0 Å². The van der Waals surface area contributed by atoms with Crippen LogP contribution in [0.4, 0.5) is 0 Å². The number of piperidine rings is 1. The molecular weight excluding hydrogens is 278 g/mol. The van der Waals surface area contributed by atoms with E-state index >= 15 is 0 Å². The van der Waals surface area contributed by atoms with E-state index in [0.717, 1.165) is 30.7 Å². The first kappa shape index (κ1) is 14.5. The van der Waals surface area contributed by atoms with Crippen molar-refractivity contribution in [2.75, 3.05) is 13.1 Å². The summed E-state index contributed by atoms with van der Waals surface area (Å²) in [6, 6.07) is 7.47. The summed E-state index contributed by atoms with van der Waals surface area (Å²) < 4.78 is 5.94. The van der Waals surface area contributed by atoms with Crippen molar-refractivity contribution in [3.63, 3.8) is 0 Å².